The maximum atomic E-state index is 12.0. The molecule has 7 heteroatoms. The molecule has 0 fully saturated rings. The van der Waals surface area contributed by atoms with Crippen molar-refractivity contribution >= 4 is 28.5 Å². The van der Waals surface area contributed by atoms with Crippen molar-refractivity contribution in [3.05, 3.63) is 45.8 Å². The number of anilines is 1. The van der Waals surface area contributed by atoms with Crippen LogP contribution in [-0.4, -0.2) is 17.2 Å². The number of nitrogens with two attached hydrogens (primary N) is 1. The van der Waals surface area contributed by atoms with Crippen LogP contribution in [0.4, 0.5) is 5.00 Å². The fourth-order valence-corrected chi connectivity index (χ4v) is 2.63. The minimum absolute atomic E-state index is 0.116. The largest absolute Gasteiger partial charge is 0.508 e. The molecule has 1 amide bonds. The first-order valence-electron chi connectivity index (χ1n) is 5.94. The number of amides is 1. The molecule has 0 spiro atoms. The van der Waals surface area contributed by atoms with Crippen LogP contribution in [0.3, 0.4) is 0 Å². The monoisotopic (exact) mass is 300 g/mol. The van der Waals surface area contributed by atoms with E-state index in [2.05, 4.69) is 10.5 Å². The van der Waals surface area contributed by atoms with E-state index in [0.29, 0.717) is 26.6 Å². The Morgan fingerprint density at radius 3 is 2.95 bits per heavy atom. The van der Waals surface area contributed by atoms with Crippen molar-refractivity contribution < 1.29 is 9.90 Å². The summed E-state index contributed by atoms with van der Waals surface area (Å²) in [4.78, 5) is 12.3. The van der Waals surface area contributed by atoms with E-state index in [1.807, 2.05) is 6.07 Å². The van der Waals surface area contributed by atoms with Gasteiger partial charge in [0, 0.05) is 0 Å². The van der Waals surface area contributed by atoms with Crippen LogP contribution in [0.5, 0.6) is 5.75 Å². The molecule has 2 rings (SSSR count). The topological polar surface area (TPSA) is 112 Å². The van der Waals surface area contributed by atoms with Gasteiger partial charge in [-0.2, -0.15) is 10.4 Å². The number of phenolic OH excluding ortho intramolecular Hbond substituents is 1. The summed E-state index contributed by atoms with van der Waals surface area (Å²) in [7, 11) is 0. The zero-order valence-corrected chi connectivity index (χ0v) is 11.9. The molecule has 0 atom stereocenters. The van der Waals surface area contributed by atoms with E-state index in [-0.39, 0.29) is 5.75 Å². The summed E-state index contributed by atoms with van der Waals surface area (Å²) >= 11 is 1.05. The van der Waals surface area contributed by atoms with Gasteiger partial charge in [-0.1, -0.05) is 12.1 Å². The van der Waals surface area contributed by atoms with E-state index in [0.717, 1.165) is 11.3 Å². The number of hydrogen-bond donors (Lipinski definition) is 3. The molecule has 6 nitrogen and oxygen atoms in total. The van der Waals surface area contributed by atoms with Crippen molar-refractivity contribution in [3.8, 4) is 11.8 Å². The van der Waals surface area contributed by atoms with Crippen LogP contribution in [0.15, 0.2) is 29.4 Å². The summed E-state index contributed by atoms with van der Waals surface area (Å²) in [5.41, 5.74) is 9.56. The van der Waals surface area contributed by atoms with Gasteiger partial charge in [0.1, 0.15) is 21.7 Å². The Balaban J connectivity index is 2.11. The minimum atomic E-state index is -0.429. The second-order valence-electron chi connectivity index (χ2n) is 4.20. The van der Waals surface area contributed by atoms with E-state index in [1.54, 1.807) is 19.1 Å². The third-order valence-corrected chi connectivity index (χ3v) is 3.86. The van der Waals surface area contributed by atoms with Gasteiger partial charge in [-0.25, -0.2) is 5.43 Å². The van der Waals surface area contributed by atoms with Gasteiger partial charge in [-0.05, 0) is 30.2 Å². The summed E-state index contributed by atoms with van der Waals surface area (Å²) in [6.07, 6.45) is 1.41. The summed E-state index contributed by atoms with van der Waals surface area (Å²) < 4.78 is 0. The van der Waals surface area contributed by atoms with Gasteiger partial charge in [-0.3, -0.25) is 4.79 Å². The molecule has 4 N–H and O–H groups in total. The molecule has 0 radical (unpaired) electrons. The van der Waals surface area contributed by atoms with Crippen LogP contribution in [0, 0.1) is 18.3 Å². The minimum Gasteiger partial charge on any atom is -0.508 e. The summed E-state index contributed by atoms with van der Waals surface area (Å²) in [5, 5.41) is 22.4. The Morgan fingerprint density at radius 2 is 2.33 bits per heavy atom. The predicted octanol–water partition coefficient (Wildman–Crippen LogP) is 1.98. The maximum Gasteiger partial charge on any atom is 0.281 e. The lowest BCUT2D eigenvalue weighted by molar-refractivity contribution is 0.0958. The lowest BCUT2D eigenvalue weighted by atomic mass is 10.2. The van der Waals surface area contributed by atoms with Crippen molar-refractivity contribution in [3.63, 3.8) is 0 Å². The Labute approximate surface area is 125 Å². The number of hydrogen-bond acceptors (Lipinski definition) is 6. The number of carbonyl (C=O) groups excluding carboxylic acids is 1. The van der Waals surface area contributed by atoms with Crippen molar-refractivity contribution in [1.82, 2.24) is 5.43 Å². The molecule has 0 unspecified atom stereocenters. The summed E-state index contributed by atoms with van der Waals surface area (Å²) in [6.45, 7) is 1.67. The van der Waals surface area contributed by atoms with E-state index in [9.17, 15) is 9.90 Å². The molecule has 0 aliphatic rings. The van der Waals surface area contributed by atoms with E-state index in [4.69, 9.17) is 11.0 Å². The van der Waals surface area contributed by atoms with Crippen LogP contribution >= 0.6 is 11.3 Å². The molecule has 1 heterocycles. The van der Waals surface area contributed by atoms with Crippen molar-refractivity contribution in [2.75, 3.05) is 5.73 Å². The molecule has 1 aromatic carbocycles. The maximum absolute atomic E-state index is 12.0. The average molecular weight is 300 g/mol. The zero-order valence-electron chi connectivity index (χ0n) is 11.1. The van der Waals surface area contributed by atoms with Gasteiger partial charge >= 0.3 is 0 Å². The molecule has 0 aliphatic heterocycles. The fraction of sp³-hybridized carbons (Fsp3) is 0.0714. The molecule has 0 saturated carbocycles. The number of phenols is 1. The highest BCUT2D eigenvalue weighted by Crippen LogP contribution is 2.29. The molecule has 0 aliphatic carbocycles. The number of hydrazone groups is 1. The first kappa shape index (κ1) is 14.6. The van der Waals surface area contributed by atoms with E-state index >= 15 is 0 Å². The van der Waals surface area contributed by atoms with Crippen molar-refractivity contribution in [1.29, 1.82) is 5.26 Å². The average Bonchev–Trinajstić information content (AvgIpc) is 2.73. The Morgan fingerprint density at radius 1 is 1.57 bits per heavy atom. The van der Waals surface area contributed by atoms with E-state index in [1.165, 1.54) is 18.3 Å². The Bertz CT molecular complexity index is 759. The normalized spacial score (nSPS) is 10.5. The number of nitrogens with one attached hydrogen (secondary N) is 1. The van der Waals surface area contributed by atoms with Crippen LogP contribution in [0.1, 0.15) is 26.4 Å². The van der Waals surface area contributed by atoms with Crippen molar-refractivity contribution in [2.24, 2.45) is 5.10 Å². The number of nitrogen functional groups attached to an aromatic ring is 1. The van der Waals surface area contributed by atoms with Gasteiger partial charge in [0.25, 0.3) is 5.91 Å². The summed E-state index contributed by atoms with van der Waals surface area (Å²) in [6, 6.07) is 8.42. The smallest absolute Gasteiger partial charge is 0.281 e. The van der Waals surface area contributed by atoms with Gasteiger partial charge < -0.3 is 10.8 Å². The van der Waals surface area contributed by atoms with Gasteiger partial charge in [0.05, 0.1) is 11.8 Å². The first-order chi connectivity index (χ1) is 10.0. The third-order valence-electron chi connectivity index (χ3n) is 2.74. The Kier molecular flexibility index (Phi) is 4.21. The third kappa shape index (κ3) is 3.19. The molecule has 106 valence electrons. The number of benzene rings is 1. The van der Waals surface area contributed by atoms with Crippen LogP contribution in [0.2, 0.25) is 0 Å². The van der Waals surface area contributed by atoms with Crippen LogP contribution < -0.4 is 11.2 Å². The fourth-order valence-electron chi connectivity index (χ4n) is 1.71. The van der Waals surface area contributed by atoms with Gasteiger partial charge in [0.15, 0.2) is 0 Å². The SMILES string of the molecule is Cc1c(C(=O)NN=Cc2cccc(O)c2)sc(N)c1C#N. The molecule has 0 bridgehead atoms. The standard InChI is InChI=1S/C14H12N4O2S/c1-8-11(6-15)13(16)21-12(8)14(20)18-17-7-9-3-2-4-10(19)5-9/h2-5,7,19H,16H2,1H3,(H,18,20). The number of aromatic hydroxyl groups is 1. The molecule has 21 heavy (non-hydrogen) atoms. The number of thiophene rings is 1. The highest BCUT2D eigenvalue weighted by molar-refractivity contribution is 7.18. The highest BCUT2D eigenvalue weighted by atomic mass is 32.1. The highest BCUT2D eigenvalue weighted by Gasteiger charge is 2.17. The van der Waals surface area contributed by atoms with Crippen molar-refractivity contribution in [2.45, 2.75) is 6.92 Å². The lowest BCUT2D eigenvalue weighted by Crippen LogP contribution is -2.17. The second kappa shape index (κ2) is 6.07. The molecule has 0 saturated heterocycles. The van der Waals surface area contributed by atoms with Crippen LogP contribution in [0.25, 0.3) is 0 Å². The van der Waals surface area contributed by atoms with E-state index < -0.39 is 5.91 Å². The number of nitriles is 1. The van der Waals surface area contributed by atoms with Gasteiger partial charge in [-0.15, -0.1) is 11.3 Å². The zero-order chi connectivity index (χ0) is 15.4. The summed E-state index contributed by atoms with van der Waals surface area (Å²) in [5.74, 6) is -0.312. The first-order valence-corrected chi connectivity index (χ1v) is 6.76. The molecular weight excluding hydrogens is 288 g/mol. The lowest BCUT2D eigenvalue weighted by Gasteiger charge is -1.98. The van der Waals surface area contributed by atoms with Crippen LogP contribution in [-0.2, 0) is 0 Å². The second-order valence-corrected chi connectivity index (χ2v) is 5.25. The quantitative estimate of drug-likeness (QED) is 0.594. The predicted molar refractivity (Wildman–Crippen MR) is 81.4 cm³/mol. The Hall–Kier alpha value is -2.85. The molecular formula is C14H12N4O2S. The number of rotatable bonds is 3. The number of nitrogens with zero attached hydrogens (tertiary/aromatic N) is 2. The molecule has 1 aromatic heterocycles. The molecule has 2 aromatic rings. The number of carbonyl (C=O) groups is 1. The van der Waals surface area contributed by atoms with Gasteiger partial charge in [0.2, 0.25) is 0 Å².